The molecule has 4 nitrogen and oxygen atoms in total. The molecule has 3 aromatic rings. The van der Waals surface area contributed by atoms with Gasteiger partial charge in [0.05, 0.1) is 0 Å². The molecule has 23 heavy (non-hydrogen) atoms. The van der Waals surface area contributed by atoms with Crippen LogP contribution in [0.15, 0.2) is 49.1 Å². The summed E-state index contributed by atoms with van der Waals surface area (Å²) in [5.41, 5.74) is 1.74. The third-order valence-electron chi connectivity index (χ3n) is 4.57. The molecule has 1 saturated heterocycles. The number of hydrogen-bond acceptors (Lipinski definition) is 4. The molecule has 1 fully saturated rings. The molecule has 0 spiro atoms. The van der Waals surface area contributed by atoms with Crippen LogP contribution in [0.4, 0.5) is 10.2 Å². The highest BCUT2D eigenvalue weighted by Gasteiger charge is 2.23. The van der Waals surface area contributed by atoms with E-state index in [2.05, 4.69) is 32.0 Å². The van der Waals surface area contributed by atoms with Gasteiger partial charge < -0.3 is 4.90 Å². The number of pyridine rings is 1. The van der Waals surface area contributed by atoms with Gasteiger partial charge in [-0.25, -0.2) is 14.4 Å². The molecule has 0 bridgehead atoms. The molecule has 1 aromatic carbocycles. The summed E-state index contributed by atoms with van der Waals surface area (Å²) in [6.07, 6.45) is 7.27. The van der Waals surface area contributed by atoms with Gasteiger partial charge in [-0.1, -0.05) is 6.07 Å². The van der Waals surface area contributed by atoms with Gasteiger partial charge in [0.1, 0.15) is 23.5 Å². The summed E-state index contributed by atoms with van der Waals surface area (Å²) < 4.78 is 13.9. The van der Waals surface area contributed by atoms with Crippen LogP contribution in [0.5, 0.6) is 0 Å². The third kappa shape index (κ3) is 2.63. The Kier molecular flexibility index (Phi) is 3.61. The molecular weight excluding hydrogens is 291 g/mol. The molecule has 3 heterocycles. The van der Waals surface area contributed by atoms with Crippen molar-refractivity contribution in [2.24, 2.45) is 0 Å². The van der Waals surface area contributed by atoms with Crippen molar-refractivity contribution in [3.63, 3.8) is 0 Å². The Morgan fingerprint density at radius 2 is 1.78 bits per heavy atom. The molecule has 0 amide bonds. The van der Waals surface area contributed by atoms with Gasteiger partial charge in [0.2, 0.25) is 0 Å². The lowest BCUT2D eigenvalue weighted by molar-refractivity contribution is 0.503. The largest absolute Gasteiger partial charge is 0.356 e. The first-order valence-corrected chi connectivity index (χ1v) is 7.87. The van der Waals surface area contributed by atoms with Crippen LogP contribution in [0.25, 0.3) is 10.9 Å². The first kappa shape index (κ1) is 14.1. The maximum Gasteiger partial charge on any atom is 0.149 e. The summed E-state index contributed by atoms with van der Waals surface area (Å²) in [6, 6.07) is 9.23. The topological polar surface area (TPSA) is 41.9 Å². The van der Waals surface area contributed by atoms with E-state index in [1.807, 2.05) is 18.5 Å². The highest BCUT2D eigenvalue weighted by Crippen LogP contribution is 2.32. The van der Waals surface area contributed by atoms with Gasteiger partial charge in [-0.2, -0.15) is 0 Å². The number of para-hydroxylation sites is 1. The minimum atomic E-state index is -0.294. The van der Waals surface area contributed by atoms with Crippen LogP contribution >= 0.6 is 0 Å². The number of anilines is 1. The van der Waals surface area contributed by atoms with Gasteiger partial charge >= 0.3 is 0 Å². The maximum absolute atomic E-state index is 13.9. The standard InChI is InChI=1S/C18H17FN4/c19-16-3-1-2-15-17(16)21-12-22-18(15)23-10-6-14(7-11-23)13-4-8-20-9-5-13/h1-5,8-9,12,14H,6-7,10-11H2. The number of rotatable bonds is 2. The zero-order chi connectivity index (χ0) is 15.6. The van der Waals surface area contributed by atoms with Crippen molar-refractivity contribution in [2.75, 3.05) is 18.0 Å². The Hall–Kier alpha value is -2.56. The second kappa shape index (κ2) is 5.91. The van der Waals surface area contributed by atoms with Crippen molar-refractivity contribution in [1.29, 1.82) is 0 Å². The fourth-order valence-electron chi connectivity index (χ4n) is 3.35. The Labute approximate surface area is 134 Å². The number of fused-ring (bicyclic) bond motifs is 1. The van der Waals surface area contributed by atoms with E-state index in [0.717, 1.165) is 37.1 Å². The molecule has 0 atom stereocenters. The molecule has 4 rings (SSSR count). The smallest absolute Gasteiger partial charge is 0.149 e. The number of halogens is 1. The van der Waals surface area contributed by atoms with Gasteiger partial charge in [0, 0.05) is 30.9 Å². The van der Waals surface area contributed by atoms with E-state index in [1.54, 1.807) is 6.07 Å². The van der Waals surface area contributed by atoms with E-state index in [4.69, 9.17) is 0 Å². The van der Waals surface area contributed by atoms with E-state index < -0.39 is 0 Å². The Morgan fingerprint density at radius 1 is 1.00 bits per heavy atom. The fraction of sp³-hybridized carbons (Fsp3) is 0.278. The van der Waals surface area contributed by atoms with E-state index in [9.17, 15) is 4.39 Å². The molecule has 0 aliphatic carbocycles. The van der Waals surface area contributed by atoms with Gasteiger partial charge in [0.25, 0.3) is 0 Å². The van der Waals surface area contributed by atoms with Crippen molar-refractivity contribution in [3.05, 3.63) is 60.4 Å². The zero-order valence-electron chi connectivity index (χ0n) is 12.7. The first-order valence-electron chi connectivity index (χ1n) is 7.87. The van der Waals surface area contributed by atoms with Crippen LogP contribution in [0.2, 0.25) is 0 Å². The highest BCUT2D eigenvalue weighted by atomic mass is 19.1. The first-order chi connectivity index (χ1) is 11.3. The van der Waals surface area contributed by atoms with Crippen LogP contribution in [-0.4, -0.2) is 28.0 Å². The van der Waals surface area contributed by atoms with Crippen molar-refractivity contribution in [2.45, 2.75) is 18.8 Å². The monoisotopic (exact) mass is 308 g/mol. The van der Waals surface area contributed by atoms with Crippen LogP contribution in [0, 0.1) is 5.82 Å². The Morgan fingerprint density at radius 3 is 2.57 bits per heavy atom. The third-order valence-corrected chi connectivity index (χ3v) is 4.57. The lowest BCUT2D eigenvalue weighted by atomic mass is 9.90. The second-order valence-corrected chi connectivity index (χ2v) is 5.88. The minimum absolute atomic E-state index is 0.294. The predicted octanol–water partition coefficient (Wildman–Crippen LogP) is 3.55. The molecular formula is C18H17FN4. The average molecular weight is 308 g/mol. The summed E-state index contributed by atoms with van der Waals surface area (Å²) in [6.45, 7) is 1.82. The molecule has 0 N–H and O–H groups in total. The summed E-state index contributed by atoms with van der Waals surface area (Å²) in [5, 5.41) is 0.787. The van der Waals surface area contributed by atoms with Gasteiger partial charge in [-0.05, 0) is 48.6 Å². The normalized spacial score (nSPS) is 16.0. The summed E-state index contributed by atoms with van der Waals surface area (Å²) in [7, 11) is 0. The van der Waals surface area contributed by atoms with Gasteiger partial charge in [0.15, 0.2) is 0 Å². The SMILES string of the molecule is Fc1cccc2c(N3CCC(c4ccncc4)CC3)ncnc12. The molecule has 2 aromatic heterocycles. The average Bonchev–Trinajstić information content (AvgIpc) is 2.63. The molecule has 0 radical (unpaired) electrons. The van der Waals surface area contributed by atoms with E-state index >= 15 is 0 Å². The van der Waals surface area contributed by atoms with Gasteiger partial charge in [-0.15, -0.1) is 0 Å². The van der Waals surface area contributed by atoms with E-state index in [1.165, 1.54) is 18.0 Å². The molecule has 0 saturated carbocycles. The van der Waals surface area contributed by atoms with E-state index in [0.29, 0.717) is 11.4 Å². The van der Waals surface area contributed by atoms with Crippen LogP contribution < -0.4 is 4.90 Å². The van der Waals surface area contributed by atoms with Crippen molar-refractivity contribution in [3.8, 4) is 0 Å². The van der Waals surface area contributed by atoms with Crippen LogP contribution in [-0.2, 0) is 0 Å². The molecule has 1 aliphatic heterocycles. The van der Waals surface area contributed by atoms with Crippen molar-refractivity contribution < 1.29 is 4.39 Å². The minimum Gasteiger partial charge on any atom is -0.356 e. The lowest BCUT2D eigenvalue weighted by Crippen LogP contribution is -2.33. The molecule has 0 unspecified atom stereocenters. The number of aromatic nitrogens is 3. The van der Waals surface area contributed by atoms with Crippen molar-refractivity contribution in [1.82, 2.24) is 15.0 Å². The Bertz CT molecular complexity index is 814. The summed E-state index contributed by atoms with van der Waals surface area (Å²) >= 11 is 0. The summed E-state index contributed by atoms with van der Waals surface area (Å²) in [5.74, 6) is 1.10. The molecule has 116 valence electrons. The van der Waals surface area contributed by atoms with Crippen LogP contribution in [0.1, 0.15) is 24.3 Å². The van der Waals surface area contributed by atoms with Gasteiger partial charge in [-0.3, -0.25) is 4.98 Å². The molecule has 1 aliphatic rings. The number of piperidine rings is 1. The maximum atomic E-state index is 13.9. The number of nitrogens with zero attached hydrogens (tertiary/aromatic N) is 4. The lowest BCUT2D eigenvalue weighted by Gasteiger charge is -2.33. The number of benzene rings is 1. The second-order valence-electron chi connectivity index (χ2n) is 5.88. The van der Waals surface area contributed by atoms with Crippen LogP contribution in [0.3, 0.4) is 0 Å². The van der Waals surface area contributed by atoms with E-state index in [-0.39, 0.29) is 5.82 Å². The molecule has 5 heteroatoms. The zero-order valence-corrected chi connectivity index (χ0v) is 12.7. The fourth-order valence-corrected chi connectivity index (χ4v) is 3.35. The van der Waals surface area contributed by atoms with Crippen molar-refractivity contribution >= 4 is 16.7 Å². The summed E-state index contributed by atoms with van der Waals surface area (Å²) in [4.78, 5) is 14.8. The highest BCUT2D eigenvalue weighted by molar-refractivity contribution is 5.89. The Balaban J connectivity index is 1.58. The predicted molar refractivity (Wildman–Crippen MR) is 87.9 cm³/mol. The quantitative estimate of drug-likeness (QED) is 0.726. The number of hydrogen-bond donors (Lipinski definition) is 0.